The first-order chi connectivity index (χ1) is 6.50. The molecule has 1 heterocycles. The quantitative estimate of drug-likeness (QED) is 0.716. The summed E-state index contributed by atoms with van der Waals surface area (Å²) in [6.07, 6.45) is -5.93. The molecule has 0 aromatic rings. The number of nitrogens with one attached hydrogen (secondary N) is 1. The summed E-state index contributed by atoms with van der Waals surface area (Å²) in [5, 5.41) is 11.2. The highest BCUT2D eigenvalue weighted by molar-refractivity contribution is 4.71. The molecule has 14 heavy (non-hydrogen) atoms. The van der Waals surface area contributed by atoms with Crippen molar-refractivity contribution in [2.24, 2.45) is 5.92 Å². The molecule has 0 aromatic heterocycles. The molecule has 0 saturated carbocycles. The smallest absolute Gasteiger partial charge is 0.382 e. The average molecular weight is 213 g/mol. The molecule has 2 atom stereocenters. The lowest BCUT2D eigenvalue weighted by Crippen LogP contribution is -2.40. The summed E-state index contributed by atoms with van der Waals surface area (Å²) in [7, 11) is 0. The van der Waals surface area contributed by atoms with Gasteiger partial charge in [-0.15, -0.1) is 0 Å². The zero-order chi connectivity index (χ0) is 10.6. The number of aliphatic hydroxyl groups excluding tert-OH is 1. The lowest BCUT2D eigenvalue weighted by atomic mass is 10.1. The van der Waals surface area contributed by atoms with Crippen LogP contribution in [0.4, 0.5) is 13.2 Å². The Morgan fingerprint density at radius 2 is 2.21 bits per heavy atom. The molecule has 1 aliphatic rings. The molecule has 0 amide bonds. The van der Waals surface area contributed by atoms with E-state index in [1.165, 1.54) is 0 Å². The van der Waals surface area contributed by atoms with Crippen molar-refractivity contribution in [2.45, 2.75) is 18.7 Å². The van der Waals surface area contributed by atoms with Crippen LogP contribution in [0.2, 0.25) is 0 Å². The molecule has 1 saturated heterocycles. The van der Waals surface area contributed by atoms with E-state index in [1.807, 2.05) is 0 Å². The Bertz CT molecular complexity index is 168. The van der Waals surface area contributed by atoms with E-state index in [1.54, 1.807) is 0 Å². The predicted molar refractivity (Wildman–Crippen MR) is 43.9 cm³/mol. The molecule has 84 valence electrons. The van der Waals surface area contributed by atoms with Crippen molar-refractivity contribution in [2.75, 3.05) is 26.3 Å². The van der Waals surface area contributed by atoms with Crippen LogP contribution in [0.15, 0.2) is 0 Å². The summed E-state index contributed by atoms with van der Waals surface area (Å²) < 4.78 is 40.6. The minimum atomic E-state index is -4.53. The normalized spacial score (nSPS) is 25.3. The second-order valence-electron chi connectivity index (χ2n) is 3.45. The molecule has 0 aromatic carbocycles. The first-order valence-electron chi connectivity index (χ1n) is 4.53. The van der Waals surface area contributed by atoms with E-state index in [2.05, 4.69) is 5.32 Å². The monoisotopic (exact) mass is 213 g/mol. The zero-order valence-electron chi connectivity index (χ0n) is 7.68. The zero-order valence-corrected chi connectivity index (χ0v) is 7.68. The second-order valence-corrected chi connectivity index (χ2v) is 3.45. The fourth-order valence-corrected chi connectivity index (χ4v) is 1.28. The first kappa shape index (κ1) is 11.7. The van der Waals surface area contributed by atoms with Crippen LogP contribution < -0.4 is 5.32 Å². The maximum absolute atomic E-state index is 11.8. The summed E-state index contributed by atoms with van der Waals surface area (Å²) in [6.45, 7) is 1.29. The third-order valence-electron chi connectivity index (χ3n) is 2.17. The maximum atomic E-state index is 11.8. The van der Waals surface area contributed by atoms with Crippen LogP contribution in [0.1, 0.15) is 6.42 Å². The maximum Gasteiger partial charge on any atom is 0.415 e. The lowest BCUT2D eigenvalue weighted by Gasteiger charge is -2.16. The molecule has 0 spiro atoms. The molecule has 2 unspecified atom stereocenters. The molecule has 0 aliphatic carbocycles. The number of hydrogen-bond donors (Lipinski definition) is 2. The van der Waals surface area contributed by atoms with Gasteiger partial charge in [0.15, 0.2) is 6.10 Å². The topological polar surface area (TPSA) is 41.5 Å². The van der Waals surface area contributed by atoms with Gasteiger partial charge in [0.1, 0.15) is 0 Å². The molecule has 0 radical (unpaired) electrons. The SMILES string of the molecule is OC(CNCC1CCOC1)C(F)(F)F. The highest BCUT2D eigenvalue weighted by Gasteiger charge is 2.37. The van der Waals surface area contributed by atoms with Gasteiger partial charge in [0.2, 0.25) is 0 Å². The number of halogens is 3. The predicted octanol–water partition coefficient (Wildman–Crippen LogP) is 0.536. The molecule has 3 nitrogen and oxygen atoms in total. The van der Waals surface area contributed by atoms with Crippen molar-refractivity contribution in [1.29, 1.82) is 0 Å². The van der Waals surface area contributed by atoms with Gasteiger partial charge in [0.05, 0.1) is 6.61 Å². The Labute approximate surface area is 80.2 Å². The minimum Gasteiger partial charge on any atom is -0.382 e. The van der Waals surface area contributed by atoms with Crippen molar-refractivity contribution in [3.8, 4) is 0 Å². The van der Waals surface area contributed by atoms with E-state index in [-0.39, 0.29) is 5.92 Å². The highest BCUT2D eigenvalue weighted by atomic mass is 19.4. The number of ether oxygens (including phenoxy) is 1. The number of alkyl halides is 3. The molecule has 2 N–H and O–H groups in total. The second kappa shape index (κ2) is 4.95. The van der Waals surface area contributed by atoms with Gasteiger partial charge >= 0.3 is 6.18 Å². The Morgan fingerprint density at radius 3 is 2.71 bits per heavy atom. The van der Waals surface area contributed by atoms with E-state index >= 15 is 0 Å². The molecular weight excluding hydrogens is 199 g/mol. The van der Waals surface area contributed by atoms with E-state index in [9.17, 15) is 13.2 Å². The van der Waals surface area contributed by atoms with Crippen LogP contribution in [-0.4, -0.2) is 43.7 Å². The standard InChI is InChI=1S/C8H14F3NO2/c9-8(10,11)7(13)4-12-3-6-1-2-14-5-6/h6-7,12-13H,1-5H2. The summed E-state index contributed by atoms with van der Waals surface area (Å²) in [5.74, 6) is 0.274. The van der Waals surface area contributed by atoms with Crippen molar-refractivity contribution in [3.63, 3.8) is 0 Å². The van der Waals surface area contributed by atoms with E-state index in [4.69, 9.17) is 9.84 Å². The van der Waals surface area contributed by atoms with Crippen molar-refractivity contribution in [3.05, 3.63) is 0 Å². The van der Waals surface area contributed by atoms with Crippen LogP contribution in [0, 0.1) is 5.92 Å². The van der Waals surface area contributed by atoms with Gasteiger partial charge in [0, 0.05) is 19.7 Å². The van der Waals surface area contributed by atoms with Gasteiger partial charge in [-0.05, 0) is 12.3 Å². The van der Waals surface area contributed by atoms with Gasteiger partial charge in [-0.3, -0.25) is 0 Å². The highest BCUT2D eigenvalue weighted by Crippen LogP contribution is 2.19. The van der Waals surface area contributed by atoms with Crippen LogP contribution in [0.3, 0.4) is 0 Å². The summed E-state index contributed by atoms with van der Waals surface area (Å²) in [4.78, 5) is 0. The van der Waals surface area contributed by atoms with Gasteiger partial charge in [-0.2, -0.15) is 13.2 Å². The van der Waals surface area contributed by atoms with Gasteiger partial charge < -0.3 is 15.2 Å². The molecule has 1 fully saturated rings. The third-order valence-corrected chi connectivity index (χ3v) is 2.17. The Balaban J connectivity index is 2.08. The third kappa shape index (κ3) is 3.81. The van der Waals surface area contributed by atoms with E-state index < -0.39 is 18.8 Å². The average Bonchev–Trinajstić information content (AvgIpc) is 2.55. The van der Waals surface area contributed by atoms with E-state index in [0.29, 0.717) is 19.8 Å². The number of aliphatic hydroxyl groups is 1. The van der Waals surface area contributed by atoms with E-state index in [0.717, 1.165) is 6.42 Å². The Hall–Kier alpha value is -0.330. The molecular formula is C8H14F3NO2. The van der Waals surface area contributed by atoms with Gasteiger partial charge in [0.25, 0.3) is 0 Å². The molecule has 1 aliphatic heterocycles. The Morgan fingerprint density at radius 1 is 1.50 bits per heavy atom. The Kier molecular flexibility index (Phi) is 4.15. The fourth-order valence-electron chi connectivity index (χ4n) is 1.28. The van der Waals surface area contributed by atoms with Gasteiger partial charge in [-0.25, -0.2) is 0 Å². The van der Waals surface area contributed by atoms with Crippen LogP contribution in [-0.2, 0) is 4.74 Å². The summed E-state index contributed by atoms with van der Waals surface area (Å²) in [5.41, 5.74) is 0. The van der Waals surface area contributed by atoms with Crippen LogP contribution in [0.25, 0.3) is 0 Å². The molecule has 0 bridgehead atoms. The number of rotatable bonds is 4. The fraction of sp³-hybridized carbons (Fsp3) is 1.00. The largest absolute Gasteiger partial charge is 0.415 e. The minimum absolute atomic E-state index is 0.274. The lowest BCUT2D eigenvalue weighted by molar-refractivity contribution is -0.201. The van der Waals surface area contributed by atoms with Crippen LogP contribution in [0.5, 0.6) is 0 Å². The summed E-state index contributed by atoms with van der Waals surface area (Å²) >= 11 is 0. The number of hydrogen-bond acceptors (Lipinski definition) is 3. The van der Waals surface area contributed by atoms with Gasteiger partial charge in [-0.1, -0.05) is 0 Å². The summed E-state index contributed by atoms with van der Waals surface area (Å²) in [6, 6.07) is 0. The molecule has 1 rings (SSSR count). The first-order valence-corrected chi connectivity index (χ1v) is 4.53. The van der Waals surface area contributed by atoms with Crippen molar-refractivity contribution in [1.82, 2.24) is 5.32 Å². The molecule has 6 heteroatoms. The van der Waals surface area contributed by atoms with Crippen molar-refractivity contribution < 1.29 is 23.0 Å². The van der Waals surface area contributed by atoms with Crippen LogP contribution >= 0.6 is 0 Å². The van der Waals surface area contributed by atoms with Crippen molar-refractivity contribution >= 4 is 0 Å².